The fourth-order valence-corrected chi connectivity index (χ4v) is 3.39. The van der Waals surface area contributed by atoms with Gasteiger partial charge in [-0.1, -0.05) is 30.3 Å². The van der Waals surface area contributed by atoms with Crippen molar-refractivity contribution in [3.8, 4) is 0 Å². The molecule has 1 aromatic carbocycles. The first kappa shape index (κ1) is 17.9. The lowest BCUT2D eigenvalue weighted by molar-refractivity contribution is -0.129. The maximum absolute atomic E-state index is 12.3. The van der Waals surface area contributed by atoms with Gasteiger partial charge in [-0.3, -0.25) is 14.5 Å². The molecule has 2 fully saturated rings. The molecule has 0 radical (unpaired) electrons. The van der Waals surface area contributed by atoms with Crippen molar-refractivity contribution in [3.63, 3.8) is 0 Å². The summed E-state index contributed by atoms with van der Waals surface area (Å²) in [6.45, 7) is 6.29. The van der Waals surface area contributed by atoms with Gasteiger partial charge in [0.2, 0.25) is 11.8 Å². The number of morpholine rings is 1. The number of amides is 2. The highest BCUT2D eigenvalue weighted by atomic mass is 16.5. The summed E-state index contributed by atoms with van der Waals surface area (Å²) in [6, 6.07) is 9.91. The molecule has 1 unspecified atom stereocenters. The van der Waals surface area contributed by atoms with E-state index in [4.69, 9.17) is 4.74 Å². The second-order valence-electron chi connectivity index (χ2n) is 6.76. The maximum Gasteiger partial charge on any atom is 0.225 e. The highest BCUT2D eigenvalue weighted by Crippen LogP contribution is 2.20. The van der Waals surface area contributed by atoms with Crippen molar-refractivity contribution < 1.29 is 14.3 Å². The predicted octanol–water partition coefficient (Wildman–Crippen LogP) is 0.874. The van der Waals surface area contributed by atoms with E-state index in [-0.39, 0.29) is 17.7 Å². The number of ether oxygens (including phenoxy) is 1. The van der Waals surface area contributed by atoms with Crippen LogP contribution in [0, 0.1) is 5.92 Å². The standard InChI is InChI=1S/C19H27N3O3/c23-18-13-17(15-22(18)14-16-5-2-1-3-6-16)19(24)20-7-4-8-21-9-11-25-12-10-21/h1-3,5-6,17H,4,7-15H2,(H,20,24). The summed E-state index contributed by atoms with van der Waals surface area (Å²) in [5, 5.41) is 2.99. The van der Waals surface area contributed by atoms with Crippen LogP contribution in [-0.4, -0.2) is 67.6 Å². The van der Waals surface area contributed by atoms with Gasteiger partial charge in [0.25, 0.3) is 0 Å². The molecule has 1 aromatic rings. The van der Waals surface area contributed by atoms with E-state index in [0.717, 1.165) is 44.8 Å². The van der Waals surface area contributed by atoms with E-state index < -0.39 is 0 Å². The average Bonchev–Trinajstić information content (AvgIpc) is 3.01. The van der Waals surface area contributed by atoms with Gasteiger partial charge in [0.05, 0.1) is 19.1 Å². The van der Waals surface area contributed by atoms with Gasteiger partial charge in [-0.2, -0.15) is 0 Å². The van der Waals surface area contributed by atoms with Crippen molar-refractivity contribution in [1.82, 2.24) is 15.1 Å². The molecule has 3 rings (SSSR count). The highest BCUT2D eigenvalue weighted by Gasteiger charge is 2.33. The van der Waals surface area contributed by atoms with E-state index in [0.29, 0.717) is 26.1 Å². The van der Waals surface area contributed by atoms with Crippen LogP contribution >= 0.6 is 0 Å². The Morgan fingerprint density at radius 1 is 1.20 bits per heavy atom. The number of benzene rings is 1. The number of nitrogens with one attached hydrogen (secondary N) is 1. The molecule has 6 heteroatoms. The molecule has 0 saturated carbocycles. The highest BCUT2D eigenvalue weighted by molar-refractivity contribution is 5.89. The monoisotopic (exact) mass is 345 g/mol. The molecule has 2 amide bonds. The van der Waals surface area contributed by atoms with Crippen LogP contribution in [-0.2, 0) is 20.9 Å². The largest absolute Gasteiger partial charge is 0.379 e. The Balaban J connectivity index is 1.37. The molecule has 2 aliphatic rings. The second-order valence-corrected chi connectivity index (χ2v) is 6.76. The summed E-state index contributed by atoms with van der Waals surface area (Å²) in [5.41, 5.74) is 1.10. The summed E-state index contributed by atoms with van der Waals surface area (Å²) in [4.78, 5) is 28.6. The van der Waals surface area contributed by atoms with Gasteiger partial charge >= 0.3 is 0 Å². The minimum Gasteiger partial charge on any atom is -0.379 e. The zero-order valence-corrected chi connectivity index (χ0v) is 14.7. The molecular formula is C19H27N3O3. The van der Waals surface area contributed by atoms with Crippen LogP contribution in [0.25, 0.3) is 0 Å². The molecule has 0 aromatic heterocycles. The van der Waals surface area contributed by atoms with Crippen LogP contribution in [0.15, 0.2) is 30.3 Å². The van der Waals surface area contributed by atoms with Crippen LogP contribution in [0.2, 0.25) is 0 Å². The Bertz CT molecular complexity index is 573. The Kier molecular flexibility index (Phi) is 6.42. The van der Waals surface area contributed by atoms with Crippen molar-refractivity contribution in [2.75, 3.05) is 45.9 Å². The summed E-state index contributed by atoms with van der Waals surface area (Å²) in [7, 11) is 0. The lowest BCUT2D eigenvalue weighted by Gasteiger charge is -2.26. The molecule has 25 heavy (non-hydrogen) atoms. The quantitative estimate of drug-likeness (QED) is 0.745. The molecule has 2 saturated heterocycles. The van der Waals surface area contributed by atoms with E-state index in [1.807, 2.05) is 30.3 Å². The van der Waals surface area contributed by atoms with Crippen molar-refractivity contribution >= 4 is 11.8 Å². The van der Waals surface area contributed by atoms with Crippen LogP contribution in [0.1, 0.15) is 18.4 Å². The van der Waals surface area contributed by atoms with Gasteiger partial charge in [0.1, 0.15) is 0 Å². The Morgan fingerprint density at radius 3 is 2.72 bits per heavy atom. The third kappa shape index (κ3) is 5.28. The number of carbonyl (C=O) groups is 2. The molecule has 2 aliphatic heterocycles. The van der Waals surface area contributed by atoms with Crippen molar-refractivity contribution in [3.05, 3.63) is 35.9 Å². The van der Waals surface area contributed by atoms with Gasteiger partial charge in [0.15, 0.2) is 0 Å². The third-order valence-corrected chi connectivity index (χ3v) is 4.86. The fourth-order valence-electron chi connectivity index (χ4n) is 3.39. The van der Waals surface area contributed by atoms with E-state index in [1.165, 1.54) is 0 Å². The summed E-state index contributed by atoms with van der Waals surface area (Å²) in [5.74, 6) is -0.150. The Morgan fingerprint density at radius 2 is 1.96 bits per heavy atom. The molecule has 0 aliphatic carbocycles. The fraction of sp³-hybridized carbons (Fsp3) is 0.579. The second kappa shape index (κ2) is 8.97. The number of hydrogen-bond donors (Lipinski definition) is 1. The smallest absolute Gasteiger partial charge is 0.225 e. The SMILES string of the molecule is O=C(NCCCN1CCOCC1)C1CC(=O)N(Cc2ccccc2)C1. The Hall–Kier alpha value is -1.92. The van der Waals surface area contributed by atoms with Crippen molar-refractivity contribution in [1.29, 1.82) is 0 Å². The number of nitrogens with zero attached hydrogens (tertiary/aromatic N) is 2. The number of carbonyl (C=O) groups excluding carboxylic acids is 2. The predicted molar refractivity (Wildman–Crippen MR) is 94.9 cm³/mol. The molecule has 136 valence electrons. The van der Waals surface area contributed by atoms with E-state index in [1.54, 1.807) is 4.90 Å². The van der Waals surface area contributed by atoms with Gasteiger partial charge in [-0.05, 0) is 18.5 Å². The molecule has 2 heterocycles. The summed E-state index contributed by atoms with van der Waals surface area (Å²) < 4.78 is 5.33. The van der Waals surface area contributed by atoms with Crippen LogP contribution in [0.5, 0.6) is 0 Å². The van der Waals surface area contributed by atoms with E-state index >= 15 is 0 Å². The third-order valence-electron chi connectivity index (χ3n) is 4.86. The zero-order valence-electron chi connectivity index (χ0n) is 14.7. The summed E-state index contributed by atoms with van der Waals surface area (Å²) in [6.07, 6.45) is 1.25. The first-order valence-electron chi connectivity index (χ1n) is 9.12. The molecule has 0 spiro atoms. The van der Waals surface area contributed by atoms with Crippen molar-refractivity contribution in [2.45, 2.75) is 19.4 Å². The average molecular weight is 345 g/mol. The minimum absolute atomic E-state index is 0.00545. The van der Waals surface area contributed by atoms with Gasteiger partial charge in [-0.15, -0.1) is 0 Å². The van der Waals surface area contributed by atoms with E-state index in [9.17, 15) is 9.59 Å². The number of likely N-dealkylation sites (tertiary alicyclic amines) is 1. The number of rotatable bonds is 7. The van der Waals surface area contributed by atoms with Gasteiger partial charge in [0, 0.05) is 39.1 Å². The van der Waals surface area contributed by atoms with E-state index in [2.05, 4.69) is 10.2 Å². The van der Waals surface area contributed by atoms with Gasteiger partial charge in [-0.25, -0.2) is 0 Å². The molecule has 1 N–H and O–H groups in total. The Labute approximate surface area is 149 Å². The van der Waals surface area contributed by atoms with Gasteiger partial charge < -0.3 is 15.0 Å². The number of hydrogen-bond acceptors (Lipinski definition) is 4. The molecular weight excluding hydrogens is 318 g/mol. The van der Waals surface area contributed by atoms with Crippen LogP contribution < -0.4 is 5.32 Å². The van der Waals surface area contributed by atoms with Crippen molar-refractivity contribution in [2.24, 2.45) is 5.92 Å². The minimum atomic E-state index is -0.223. The van der Waals surface area contributed by atoms with Crippen LogP contribution in [0.4, 0.5) is 0 Å². The molecule has 1 atom stereocenters. The lowest BCUT2D eigenvalue weighted by Crippen LogP contribution is -2.39. The van der Waals surface area contributed by atoms with Crippen LogP contribution in [0.3, 0.4) is 0 Å². The normalized spacial score (nSPS) is 21.5. The summed E-state index contributed by atoms with van der Waals surface area (Å²) >= 11 is 0. The first-order chi connectivity index (χ1) is 12.2. The lowest BCUT2D eigenvalue weighted by atomic mass is 10.1. The maximum atomic E-state index is 12.3. The topological polar surface area (TPSA) is 61.9 Å². The molecule has 6 nitrogen and oxygen atoms in total. The zero-order chi connectivity index (χ0) is 17.5. The first-order valence-corrected chi connectivity index (χ1v) is 9.12. The molecule has 0 bridgehead atoms.